The number of anilines is 1. The van der Waals surface area contributed by atoms with Crippen LogP contribution in [-0.2, 0) is 10.5 Å². The van der Waals surface area contributed by atoms with Gasteiger partial charge in [-0.3, -0.25) is 4.79 Å². The van der Waals surface area contributed by atoms with Crippen molar-refractivity contribution in [3.63, 3.8) is 0 Å². The number of benzene rings is 1. The molecule has 1 heterocycles. The zero-order valence-electron chi connectivity index (χ0n) is 9.75. The monoisotopic (exact) mass is 266 g/mol. The lowest BCUT2D eigenvalue weighted by molar-refractivity contribution is 0.0981. The number of carbonyl (C=O) groups is 1. The molecule has 0 aliphatic rings. The third kappa shape index (κ3) is 2.40. The summed E-state index contributed by atoms with van der Waals surface area (Å²) >= 11 is 0. The minimum Gasteiger partial charge on any atom is -0.451 e. The highest BCUT2D eigenvalue weighted by atomic mass is 32.2. The van der Waals surface area contributed by atoms with Crippen LogP contribution in [0.25, 0.3) is 11.0 Å². The highest BCUT2D eigenvalue weighted by Crippen LogP contribution is 2.24. The smallest absolute Gasteiger partial charge is 0.327 e. The number of nitrogens with zero attached hydrogens (tertiary/aromatic N) is 2. The number of fused-ring (bicyclic) bond motifs is 1. The van der Waals surface area contributed by atoms with Crippen molar-refractivity contribution in [2.24, 2.45) is 4.36 Å². The molecule has 18 heavy (non-hydrogen) atoms. The summed E-state index contributed by atoms with van der Waals surface area (Å²) in [6.45, 7) is 0. The highest BCUT2D eigenvalue weighted by molar-refractivity contribution is 7.62. The average molecular weight is 266 g/mol. The first-order valence-corrected chi connectivity index (χ1v) is 6.07. The molecule has 1 amide bonds. The lowest BCUT2D eigenvalue weighted by Crippen LogP contribution is -2.07. The van der Waals surface area contributed by atoms with Crippen LogP contribution >= 0.6 is 0 Å². The lowest BCUT2D eigenvalue weighted by atomic mass is 10.2. The summed E-state index contributed by atoms with van der Waals surface area (Å²) in [6.07, 6.45) is 0. The first-order chi connectivity index (χ1) is 8.47. The molecule has 2 aromatic rings. The molecule has 0 saturated heterocycles. The average Bonchev–Trinajstić information content (AvgIpc) is 2.70. The fraction of sp³-hybridized carbons (Fsp3) is 0.182. The molecule has 0 unspecified atom stereocenters. The standard InChI is InChI=1S/C11H10N2O4S/c1-13(2)8-4-3-7-5-10(17-9(7)6-8)11(14)12-18(15)16/h3-6H,1-2H3. The largest absolute Gasteiger partial charge is 0.451 e. The van der Waals surface area contributed by atoms with Crippen molar-refractivity contribution < 1.29 is 17.6 Å². The number of amides is 1. The Labute approximate surface area is 105 Å². The summed E-state index contributed by atoms with van der Waals surface area (Å²) in [5, 5.41) is 0.718. The van der Waals surface area contributed by atoms with Gasteiger partial charge < -0.3 is 9.32 Å². The second-order valence-electron chi connectivity index (χ2n) is 3.84. The van der Waals surface area contributed by atoms with Crippen LogP contribution in [0, 0.1) is 0 Å². The van der Waals surface area contributed by atoms with Gasteiger partial charge in [0.15, 0.2) is 5.76 Å². The van der Waals surface area contributed by atoms with Crippen LogP contribution in [0.15, 0.2) is 33.0 Å². The molecule has 0 aliphatic heterocycles. The van der Waals surface area contributed by atoms with E-state index in [9.17, 15) is 13.2 Å². The maximum Gasteiger partial charge on any atom is 0.327 e. The van der Waals surface area contributed by atoms with Crippen molar-refractivity contribution >= 4 is 33.1 Å². The molecule has 0 bridgehead atoms. The van der Waals surface area contributed by atoms with Crippen molar-refractivity contribution in [3.05, 3.63) is 30.0 Å². The van der Waals surface area contributed by atoms with E-state index in [4.69, 9.17) is 4.42 Å². The van der Waals surface area contributed by atoms with E-state index in [1.165, 1.54) is 6.07 Å². The van der Waals surface area contributed by atoms with Gasteiger partial charge in [0.25, 0.3) is 0 Å². The molecule has 0 aliphatic carbocycles. The van der Waals surface area contributed by atoms with E-state index in [1.807, 2.05) is 25.1 Å². The first-order valence-electron chi connectivity index (χ1n) is 5.04. The molecule has 0 N–H and O–H groups in total. The molecule has 0 spiro atoms. The Balaban J connectivity index is 2.51. The molecule has 6 nitrogen and oxygen atoms in total. The van der Waals surface area contributed by atoms with E-state index >= 15 is 0 Å². The van der Waals surface area contributed by atoms with Gasteiger partial charge in [-0.1, -0.05) is 4.36 Å². The van der Waals surface area contributed by atoms with Crippen molar-refractivity contribution in [1.29, 1.82) is 0 Å². The Morgan fingerprint density at radius 1 is 1.28 bits per heavy atom. The van der Waals surface area contributed by atoms with E-state index < -0.39 is 16.4 Å². The topological polar surface area (TPSA) is 80.0 Å². The Morgan fingerprint density at radius 3 is 2.61 bits per heavy atom. The van der Waals surface area contributed by atoms with Crippen LogP contribution in [0.1, 0.15) is 10.6 Å². The Kier molecular flexibility index (Phi) is 3.15. The van der Waals surface area contributed by atoms with Crippen LogP contribution in [0.3, 0.4) is 0 Å². The number of hydrogen-bond acceptors (Lipinski definition) is 5. The normalized spacial score (nSPS) is 10.3. The van der Waals surface area contributed by atoms with Crippen LogP contribution in [0.2, 0.25) is 0 Å². The number of furan rings is 1. The van der Waals surface area contributed by atoms with Gasteiger partial charge in [-0.15, -0.1) is 0 Å². The van der Waals surface area contributed by atoms with Gasteiger partial charge in [-0.25, -0.2) is 0 Å². The molecule has 0 radical (unpaired) electrons. The predicted octanol–water partition coefficient (Wildman–Crippen LogP) is 1.70. The molecule has 0 saturated carbocycles. The minimum atomic E-state index is -2.77. The molecule has 94 valence electrons. The van der Waals surface area contributed by atoms with Gasteiger partial charge in [0.05, 0.1) is 0 Å². The van der Waals surface area contributed by atoms with Crippen LogP contribution in [-0.4, -0.2) is 28.4 Å². The fourth-order valence-corrected chi connectivity index (χ4v) is 1.74. The van der Waals surface area contributed by atoms with Crippen LogP contribution < -0.4 is 4.90 Å². The zero-order valence-corrected chi connectivity index (χ0v) is 10.6. The maximum atomic E-state index is 11.4. The summed E-state index contributed by atoms with van der Waals surface area (Å²) < 4.78 is 28.8. The lowest BCUT2D eigenvalue weighted by Gasteiger charge is -2.11. The van der Waals surface area contributed by atoms with Gasteiger partial charge in [0.1, 0.15) is 5.58 Å². The fourth-order valence-electron chi connectivity index (χ4n) is 1.52. The van der Waals surface area contributed by atoms with Gasteiger partial charge in [-0.05, 0) is 18.2 Å². The molecular weight excluding hydrogens is 256 g/mol. The second-order valence-corrected chi connectivity index (χ2v) is 4.46. The van der Waals surface area contributed by atoms with E-state index in [0.29, 0.717) is 5.58 Å². The maximum absolute atomic E-state index is 11.4. The molecule has 0 fully saturated rings. The third-order valence-corrected chi connectivity index (χ3v) is 2.70. The summed E-state index contributed by atoms with van der Waals surface area (Å²) in [7, 11) is 0.990. The summed E-state index contributed by atoms with van der Waals surface area (Å²) in [5.74, 6) is -1.00. The van der Waals surface area contributed by atoms with E-state index in [1.54, 1.807) is 12.1 Å². The van der Waals surface area contributed by atoms with E-state index in [-0.39, 0.29) is 5.76 Å². The molecule has 1 aromatic carbocycles. The second kappa shape index (κ2) is 4.61. The third-order valence-electron chi connectivity index (χ3n) is 2.39. The van der Waals surface area contributed by atoms with Crippen molar-refractivity contribution in [2.45, 2.75) is 0 Å². The SMILES string of the molecule is CN(C)c1ccc2cc(C(=O)N=S(=O)=O)oc2c1. The van der Waals surface area contributed by atoms with E-state index in [2.05, 4.69) is 4.36 Å². The van der Waals surface area contributed by atoms with Gasteiger partial charge in [-0.2, -0.15) is 8.42 Å². The first kappa shape index (κ1) is 12.3. The number of hydrogen-bond donors (Lipinski definition) is 0. The molecular formula is C11H10N2O4S. The summed E-state index contributed by atoms with van der Waals surface area (Å²) in [6, 6.07) is 6.89. The summed E-state index contributed by atoms with van der Waals surface area (Å²) in [5.41, 5.74) is 1.43. The van der Waals surface area contributed by atoms with Crippen molar-refractivity contribution in [2.75, 3.05) is 19.0 Å². The Morgan fingerprint density at radius 2 is 2.00 bits per heavy atom. The van der Waals surface area contributed by atoms with Crippen LogP contribution in [0.4, 0.5) is 5.69 Å². The van der Waals surface area contributed by atoms with E-state index in [0.717, 1.165) is 11.1 Å². The zero-order chi connectivity index (χ0) is 13.3. The van der Waals surface area contributed by atoms with Crippen LogP contribution in [0.5, 0.6) is 0 Å². The molecule has 1 aromatic heterocycles. The molecule has 0 atom stereocenters. The molecule has 7 heteroatoms. The number of rotatable bonds is 2. The van der Waals surface area contributed by atoms with Gasteiger partial charge in [0, 0.05) is 31.2 Å². The number of carbonyl (C=O) groups excluding carboxylic acids is 1. The van der Waals surface area contributed by atoms with Crippen molar-refractivity contribution in [1.82, 2.24) is 0 Å². The van der Waals surface area contributed by atoms with Gasteiger partial charge >= 0.3 is 16.4 Å². The van der Waals surface area contributed by atoms with Gasteiger partial charge in [0.2, 0.25) is 0 Å². The Bertz CT molecular complexity index is 735. The minimum absolute atomic E-state index is 0.0925. The Hall–Kier alpha value is -2.15. The quantitative estimate of drug-likeness (QED) is 0.826. The molecule has 2 rings (SSSR count). The predicted molar refractivity (Wildman–Crippen MR) is 66.2 cm³/mol. The van der Waals surface area contributed by atoms with Crippen molar-refractivity contribution in [3.8, 4) is 0 Å². The summed E-state index contributed by atoms with van der Waals surface area (Å²) in [4.78, 5) is 13.3. The highest BCUT2D eigenvalue weighted by Gasteiger charge is 2.12.